The fourth-order valence-corrected chi connectivity index (χ4v) is 4.14. The zero-order chi connectivity index (χ0) is 12.7. The minimum absolute atomic E-state index is 0.354. The number of hydrogen-bond donors (Lipinski definition) is 1. The number of anilines is 1. The van der Waals surface area contributed by atoms with Crippen LogP contribution in [0, 0.1) is 12.8 Å². The van der Waals surface area contributed by atoms with E-state index in [0.29, 0.717) is 12.0 Å². The van der Waals surface area contributed by atoms with Gasteiger partial charge in [-0.3, -0.25) is 0 Å². The number of hydrogen-bond acceptors (Lipinski definition) is 5. The van der Waals surface area contributed by atoms with E-state index in [1.807, 2.05) is 11.8 Å². The van der Waals surface area contributed by atoms with Gasteiger partial charge in [-0.2, -0.15) is 0 Å². The predicted molar refractivity (Wildman–Crippen MR) is 68.9 cm³/mol. The number of aromatic nitrogens is 2. The van der Waals surface area contributed by atoms with E-state index in [2.05, 4.69) is 10.2 Å². The van der Waals surface area contributed by atoms with Crippen molar-refractivity contribution in [3.05, 3.63) is 5.01 Å². The number of aliphatic carboxylic acids is 1. The first-order valence-electron chi connectivity index (χ1n) is 6.48. The number of carbonyl (C=O) groups is 1. The van der Waals surface area contributed by atoms with Gasteiger partial charge in [-0.1, -0.05) is 24.2 Å². The summed E-state index contributed by atoms with van der Waals surface area (Å²) in [5.41, 5.74) is 0. The van der Waals surface area contributed by atoms with Crippen molar-refractivity contribution in [2.45, 2.75) is 51.1 Å². The van der Waals surface area contributed by atoms with Crippen molar-refractivity contribution in [1.29, 1.82) is 0 Å². The highest BCUT2D eigenvalue weighted by atomic mass is 32.1. The number of aryl methyl sites for hydroxylation is 1. The molecule has 3 atom stereocenters. The van der Waals surface area contributed by atoms with Gasteiger partial charge in [0.1, 0.15) is 11.0 Å². The van der Waals surface area contributed by atoms with Crippen molar-refractivity contribution >= 4 is 22.4 Å². The molecule has 6 heteroatoms. The largest absolute Gasteiger partial charge is 0.480 e. The molecule has 1 aliphatic heterocycles. The first-order chi connectivity index (χ1) is 8.66. The van der Waals surface area contributed by atoms with Crippen molar-refractivity contribution < 1.29 is 9.90 Å². The Labute approximate surface area is 110 Å². The van der Waals surface area contributed by atoms with Gasteiger partial charge in [0.25, 0.3) is 0 Å². The molecule has 0 spiro atoms. The van der Waals surface area contributed by atoms with Crippen LogP contribution in [0.1, 0.15) is 37.1 Å². The van der Waals surface area contributed by atoms with Crippen molar-refractivity contribution in [3.63, 3.8) is 0 Å². The fraction of sp³-hybridized carbons (Fsp3) is 0.750. The highest BCUT2D eigenvalue weighted by Crippen LogP contribution is 2.42. The normalized spacial score (nSPS) is 31.4. The summed E-state index contributed by atoms with van der Waals surface area (Å²) in [7, 11) is 0. The molecule has 2 fully saturated rings. The lowest BCUT2D eigenvalue weighted by Crippen LogP contribution is -2.42. The molecule has 5 nitrogen and oxygen atoms in total. The van der Waals surface area contributed by atoms with Gasteiger partial charge in [-0.05, 0) is 32.1 Å². The van der Waals surface area contributed by atoms with E-state index in [1.165, 1.54) is 24.2 Å². The highest BCUT2D eigenvalue weighted by Gasteiger charge is 2.46. The molecule has 3 rings (SSSR count). The molecule has 1 aromatic heterocycles. The molecule has 1 N–H and O–H groups in total. The summed E-state index contributed by atoms with van der Waals surface area (Å²) >= 11 is 1.50. The van der Waals surface area contributed by atoms with Crippen molar-refractivity contribution in [1.82, 2.24) is 10.2 Å². The van der Waals surface area contributed by atoms with Crippen molar-refractivity contribution in [2.75, 3.05) is 4.90 Å². The van der Waals surface area contributed by atoms with E-state index in [0.717, 1.165) is 29.4 Å². The van der Waals surface area contributed by atoms with Gasteiger partial charge in [-0.15, -0.1) is 10.2 Å². The minimum atomic E-state index is -0.725. The Morgan fingerprint density at radius 3 is 2.83 bits per heavy atom. The van der Waals surface area contributed by atoms with Gasteiger partial charge < -0.3 is 10.0 Å². The first kappa shape index (κ1) is 11.9. The standard InChI is InChI=1S/C12H17N3O2S/c1-7-13-14-12(18-7)15-9-5-3-2-4-8(9)6-10(15)11(16)17/h8-10H,2-6H2,1H3,(H,16,17). The second-order valence-electron chi connectivity index (χ2n) is 5.21. The summed E-state index contributed by atoms with van der Waals surface area (Å²) in [6.45, 7) is 1.91. The molecular weight excluding hydrogens is 250 g/mol. The monoisotopic (exact) mass is 267 g/mol. The molecule has 1 aliphatic carbocycles. The van der Waals surface area contributed by atoms with Crippen molar-refractivity contribution in [2.24, 2.45) is 5.92 Å². The Bertz CT molecular complexity index is 462. The van der Waals surface area contributed by atoms with E-state index in [4.69, 9.17) is 0 Å². The van der Waals surface area contributed by atoms with E-state index in [-0.39, 0.29) is 0 Å². The number of nitrogens with zero attached hydrogens (tertiary/aromatic N) is 3. The van der Waals surface area contributed by atoms with Crippen LogP contribution in [-0.4, -0.2) is 33.4 Å². The molecule has 1 aromatic rings. The van der Waals surface area contributed by atoms with E-state index in [9.17, 15) is 9.90 Å². The van der Waals surface area contributed by atoms with Crippen LogP contribution in [0.15, 0.2) is 0 Å². The SMILES string of the molecule is Cc1nnc(N2C(C(=O)O)CC3CCCCC32)s1. The van der Waals surface area contributed by atoms with Gasteiger partial charge in [-0.25, -0.2) is 4.79 Å². The molecular formula is C12H17N3O2S. The third kappa shape index (κ3) is 1.88. The topological polar surface area (TPSA) is 66.3 Å². The maximum Gasteiger partial charge on any atom is 0.326 e. The Balaban J connectivity index is 1.94. The molecule has 98 valence electrons. The van der Waals surface area contributed by atoms with Gasteiger partial charge in [0.15, 0.2) is 0 Å². The van der Waals surface area contributed by atoms with Crippen LogP contribution in [0.3, 0.4) is 0 Å². The number of carboxylic acids is 1. The molecule has 0 bridgehead atoms. The Kier molecular flexibility index (Phi) is 2.97. The second-order valence-corrected chi connectivity index (χ2v) is 6.37. The summed E-state index contributed by atoms with van der Waals surface area (Å²) in [4.78, 5) is 13.5. The Morgan fingerprint density at radius 2 is 2.17 bits per heavy atom. The van der Waals surface area contributed by atoms with E-state index >= 15 is 0 Å². The van der Waals surface area contributed by atoms with Crippen LogP contribution in [0.5, 0.6) is 0 Å². The molecule has 3 unspecified atom stereocenters. The van der Waals surface area contributed by atoms with Crippen LogP contribution >= 0.6 is 11.3 Å². The molecule has 0 radical (unpaired) electrons. The lowest BCUT2D eigenvalue weighted by molar-refractivity contribution is -0.138. The van der Waals surface area contributed by atoms with Crippen LogP contribution < -0.4 is 4.90 Å². The summed E-state index contributed by atoms with van der Waals surface area (Å²) in [5.74, 6) is -0.207. The average Bonchev–Trinajstić information content (AvgIpc) is 2.92. The molecule has 0 amide bonds. The summed E-state index contributed by atoms with van der Waals surface area (Å²) in [6.07, 6.45) is 5.44. The average molecular weight is 267 g/mol. The molecule has 0 aromatic carbocycles. The molecule has 2 aliphatic rings. The van der Waals surface area contributed by atoms with Gasteiger partial charge in [0.2, 0.25) is 5.13 Å². The Morgan fingerprint density at radius 1 is 1.39 bits per heavy atom. The molecule has 18 heavy (non-hydrogen) atoms. The van der Waals surface area contributed by atoms with Crippen LogP contribution in [0.4, 0.5) is 5.13 Å². The Hall–Kier alpha value is -1.17. The zero-order valence-electron chi connectivity index (χ0n) is 10.4. The molecule has 1 saturated carbocycles. The lowest BCUT2D eigenvalue weighted by atomic mass is 9.85. The smallest absolute Gasteiger partial charge is 0.326 e. The van der Waals surface area contributed by atoms with E-state index in [1.54, 1.807) is 0 Å². The quantitative estimate of drug-likeness (QED) is 0.888. The fourth-order valence-electron chi connectivity index (χ4n) is 3.35. The maximum atomic E-state index is 11.5. The maximum absolute atomic E-state index is 11.5. The molecule has 2 heterocycles. The molecule has 1 saturated heterocycles. The van der Waals surface area contributed by atoms with Crippen LogP contribution in [0.25, 0.3) is 0 Å². The number of carboxylic acid groups (broad SMARTS) is 1. The van der Waals surface area contributed by atoms with Crippen LogP contribution in [-0.2, 0) is 4.79 Å². The van der Waals surface area contributed by atoms with Crippen molar-refractivity contribution in [3.8, 4) is 0 Å². The summed E-state index contributed by atoms with van der Waals surface area (Å²) < 4.78 is 0. The summed E-state index contributed by atoms with van der Waals surface area (Å²) in [6, 6.07) is -0.0577. The third-order valence-corrected chi connectivity index (χ3v) is 4.96. The van der Waals surface area contributed by atoms with Gasteiger partial charge >= 0.3 is 5.97 Å². The third-order valence-electron chi connectivity index (χ3n) is 4.11. The lowest BCUT2D eigenvalue weighted by Gasteiger charge is -2.32. The van der Waals surface area contributed by atoms with Gasteiger partial charge in [0.05, 0.1) is 0 Å². The van der Waals surface area contributed by atoms with E-state index < -0.39 is 12.0 Å². The minimum Gasteiger partial charge on any atom is -0.480 e. The second kappa shape index (κ2) is 4.50. The summed E-state index contributed by atoms with van der Waals surface area (Å²) in [5, 5.41) is 19.3. The first-order valence-corrected chi connectivity index (χ1v) is 7.29. The highest BCUT2D eigenvalue weighted by molar-refractivity contribution is 7.15. The number of fused-ring (bicyclic) bond motifs is 1. The zero-order valence-corrected chi connectivity index (χ0v) is 11.2. The van der Waals surface area contributed by atoms with Crippen LogP contribution in [0.2, 0.25) is 0 Å². The van der Waals surface area contributed by atoms with Gasteiger partial charge in [0, 0.05) is 6.04 Å². The number of rotatable bonds is 2. The predicted octanol–water partition coefficient (Wildman–Crippen LogP) is 2.07.